The minimum atomic E-state index is -0.548. The van der Waals surface area contributed by atoms with Crippen LogP contribution in [-0.4, -0.2) is 0 Å². The fraction of sp³-hybridized carbons (Fsp3) is 0.294. The molecule has 0 fully saturated rings. The highest BCUT2D eigenvalue weighted by Gasteiger charge is 2.11. The van der Waals surface area contributed by atoms with Gasteiger partial charge in [-0.2, -0.15) is 0 Å². The van der Waals surface area contributed by atoms with E-state index in [-0.39, 0.29) is 6.04 Å². The summed E-state index contributed by atoms with van der Waals surface area (Å²) in [5.74, 6) is -1.06. The fourth-order valence-electron chi connectivity index (χ4n) is 2.27. The molecular weight excluding hydrogens is 256 g/mol. The number of hydrogen-bond acceptors (Lipinski definition) is 1. The minimum absolute atomic E-state index is 0.170. The van der Waals surface area contributed by atoms with Gasteiger partial charge in [-0.1, -0.05) is 29.8 Å². The molecule has 0 aliphatic carbocycles. The largest absolute Gasteiger partial charge is 0.306 e. The van der Waals surface area contributed by atoms with Crippen LogP contribution in [0.4, 0.5) is 8.78 Å². The van der Waals surface area contributed by atoms with Crippen LogP contribution in [0.25, 0.3) is 0 Å². The lowest BCUT2D eigenvalue weighted by molar-refractivity contribution is 0.517. The summed E-state index contributed by atoms with van der Waals surface area (Å²) in [6.07, 6.45) is 0. The minimum Gasteiger partial charge on any atom is -0.306 e. The van der Waals surface area contributed by atoms with Gasteiger partial charge in [0.2, 0.25) is 0 Å². The third kappa shape index (κ3) is 3.42. The summed E-state index contributed by atoms with van der Waals surface area (Å²) in [5.41, 5.74) is 4.11. The first kappa shape index (κ1) is 14.7. The molecule has 0 radical (unpaired) electrons. The molecule has 0 aliphatic rings. The quantitative estimate of drug-likeness (QED) is 0.870. The molecule has 3 heteroatoms. The molecule has 20 heavy (non-hydrogen) atoms. The highest BCUT2D eigenvalue weighted by molar-refractivity contribution is 5.30. The first-order valence-electron chi connectivity index (χ1n) is 6.72. The molecule has 0 amide bonds. The summed E-state index contributed by atoms with van der Waals surface area (Å²) in [6.45, 7) is 6.65. The molecule has 2 aromatic carbocycles. The van der Waals surface area contributed by atoms with E-state index in [0.717, 1.165) is 6.07 Å². The zero-order valence-corrected chi connectivity index (χ0v) is 12.0. The predicted octanol–water partition coefficient (Wildman–Crippen LogP) is 4.43. The molecule has 106 valence electrons. The van der Waals surface area contributed by atoms with Gasteiger partial charge >= 0.3 is 0 Å². The van der Waals surface area contributed by atoms with Crippen LogP contribution in [0, 0.1) is 25.5 Å². The number of nitrogens with one attached hydrogen (secondary N) is 1. The van der Waals surface area contributed by atoms with E-state index in [1.54, 1.807) is 0 Å². The lowest BCUT2D eigenvalue weighted by atomic mass is 10.0. The Labute approximate surface area is 118 Å². The van der Waals surface area contributed by atoms with Crippen molar-refractivity contribution < 1.29 is 8.78 Å². The number of aryl methyl sites for hydroxylation is 2. The third-order valence-corrected chi connectivity index (χ3v) is 3.53. The van der Waals surface area contributed by atoms with Crippen molar-refractivity contribution in [2.45, 2.75) is 33.4 Å². The molecule has 0 saturated carbocycles. The van der Waals surface area contributed by atoms with Crippen molar-refractivity contribution >= 4 is 0 Å². The summed E-state index contributed by atoms with van der Waals surface area (Å²) in [7, 11) is 0. The van der Waals surface area contributed by atoms with Crippen LogP contribution in [0.5, 0.6) is 0 Å². The Bertz CT molecular complexity index is 608. The highest BCUT2D eigenvalue weighted by Crippen LogP contribution is 2.19. The Balaban J connectivity index is 2.06. The second-order valence-electron chi connectivity index (χ2n) is 5.20. The Morgan fingerprint density at radius 1 is 1.05 bits per heavy atom. The highest BCUT2D eigenvalue weighted by atomic mass is 19.1. The number of hydrogen-bond donors (Lipinski definition) is 1. The smallest absolute Gasteiger partial charge is 0.130 e. The topological polar surface area (TPSA) is 12.0 Å². The molecule has 1 N–H and O–H groups in total. The maximum Gasteiger partial charge on any atom is 0.130 e. The number of benzene rings is 2. The molecule has 2 aromatic rings. The van der Waals surface area contributed by atoms with Crippen molar-refractivity contribution in [2.24, 2.45) is 0 Å². The summed E-state index contributed by atoms with van der Waals surface area (Å²) in [6, 6.07) is 9.79. The van der Waals surface area contributed by atoms with Crippen molar-refractivity contribution in [1.29, 1.82) is 0 Å². The van der Waals surface area contributed by atoms with Gasteiger partial charge in [-0.05, 0) is 38.0 Å². The van der Waals surface area contributed by atoms with E-state index in [9.17, 15) is 8.78 Å². The molecule has 1 unspecified atom stereocenters. The van der Waals surface area contributed by atoms with Crippen LogP contribution in [0.1, 0.15) is 35.2 Å². The molecule has 1 nitrogen and oxygen atoms in total. The van der Waals surface area contributed by atoms with Crippen LogP contribution >= 0.6 is 0 Å². The average Bonchev–Trinajstić information content (AvgIpc) is 2.37. The molecule has 0 aromatic heterocycles. The van der Waals surface area contributed by atoms with Gasteiger partial charge in [-0.3, -0.25) is 0 Å². The zero-order valence-electron chi connectivity index (χ0n) is 12.0. The van der Waals surface area contributed by atoms with E-state index in [4.69, 9.17) is 0 Å². The molecule has 0 saturated heterocycles. The molecule has 0 spiro atoms. The van der Waals surface area contributed by atoms with Crippen molar-refractivity contribution in [3.63, 3.8) is 0 Å². The van der Waals surface area contributed by atoms with Gasteiger partial charge in [-0.15, -0.1) is 0 Å². The first-order valence-corrected chi connectivity index (χ1v) is 6.72. The Hall–Kier alpha value is -1.74. The van der Waals surface area contributed by atoms with Crippen LogP contribution in [0.15, 0.2) is 36.4 Å². The molecule has 0 heterocycles. The Morgan fingerprint density at radius 3 is 2.45 bits per heavy atom. The third-order valence-electron chi connectivity index (χ3n) is 3.53. The van der Waals surface area contributed by atoms with Crippen LogP contribution in [-0.2, 0) is 6.54 Å². The van der Waals surface area contributed by atoms with Gasteiger partial charge in [0.05, 0.1) is 0 Å². The van der Waals surface area contributed by atoms with Gasteiger partial charge in [0, 0.05) is 24.2 Å². The number of halogens is 2. The first-order chi connectivity index (χ1) is 9.47. The Morgan fingerprint density at radius 2 is 1.80 bits per heavy atom. The maximum atomic E-state index is 13.7. The fourth-order valence-corrected chi connectivity index (χ4v) is 2.27. The van der Waals surface area contributed by atoms with Crippen LogP contribution in [0.3, 0.4) is 0 Å². The summed E-state index contributed by atoms with van der Waals surface area (Å²) in [5, 5.41) is 3.27. The van der Waals surface area contributed by atoms with Gasteiger partial charge in [-0.25, -0.2) is 8.78 Å². The second-order valence-corrected chi connectivity index (χ2v) is 5.20. The lowest BCUT2D eigenvalue weighted by Crippen LogP contribution is -2.19. The lowest BCUT2D eigenvalue weighted by Gasteiger charge is -2.16. The maximum absolute atomic E-state index is 13.7. The molecular formula is C17H19F2N. The monoisotopic (exact) mass is 275 g/mol. The van der Waals surface area contributed by atoms with E-state index >= 15 is 0 Å². The summed E-state index contributed by atoms with van der Waals surface area (Å²) < 4.78 is 26.6. The summed E-state index contributed by atoms with van der Waals surface area (Å²) >= 11 is 0. The second kappa shape index (κ2) is 6.14. The molecule has 2 rings (SSSR count). The van der Waals surface area contributed by atoms with Gasteiger partial charge < -0.3 is 5.32 Å². The predicted molar refractivity (Wildman–Crippen MR) is 77.5 cm³/mol. The Kier molecular flexibility index (Phi) is 4.50. The van der Waals surface area contributed by atoms with Crippen molar-refractivity contribution in [3.05, 3.63) is 70.3 Å². The van der Waals surface area contributed by atoms with Gasteiger partial charge in [0.1, 0.15) is 11.6 Å². The van der Waals surface area contributed by atoms with Crippen molar-refractivity contribution in [3.8, 4) is 0 Å². The SMILES string of the molecule is Cc1ccc(CNC(C)c2ccc(F)cc2F)c(C)c1. The average molecular weight is 275 g/mol. The van der Waals surface area contributed by atoms with E-state index in [2.05, 4.69) is 37.4 Å². The van der Waals surface area contributed by atoms with Crippen molar-refractivity contribution in [2.75, 3.05) is 0 Å². The van der Waals surface area contributed by atoms with Crippen LogP contribution in [0.2, 0.25) is 0 Å². The molecule has 0 aliphatic heterocycles. The normalized spacial score (nSPS) is 12.4. The van der Waals surface area contributed by atoms with E-state index < -0.39 is 11.6 Å². The van der Waals surface area contributed by atoms with E-state index in [0.29, 0.717) is 12.1 Å². The van der Waals surface area contributed by atoms with Gasteiger partial charge in [0.25, 0.3) is 0 Å². The van der Waals surface area contributed by atoms with E-state index in [1.807, 2.05) is 6.92 Å². The standard InChI is InChI=1S/C17H19F2N/c1-11-4-5-14(12(2)8-11)10-20-13(3)16-7-6-15(18)9-17(16)19/h4-9,13,20H,10H2,1-3H3. The van der Waals surface area contributed by atoms with E-state index in [1.165, 1.54) is 28.8 Å². The molecule has 0 bridgehead atoms. The summed E-state index contributed by atoms with van der Waals surface area (Å²) in [4.78, 5) is 0. The zero-order chi connectivity index (χ0) is 14.7. The van der Waals surface area contributed by atoms with Crippen molar-refractivity contribution in [1.82, 2.24) is 5.32 Å². The molecule has 1 atom stereocenters. The van der Waals surface area contributed by atoms with Crippen LogP contribution < -0.4 is 5.32 Å². The number of rotatable bonds is 4. The van der Waals surface area contributed by atoms with Gasteiger partial charge in [0.15, 0.2) is 0 Å².